The van der Waals surface area contributed by atoms with Gasteiger partial charge in [-0.05, 0) is 30.5 Å². The number of aldehydes is 1. The van der Waals surface area contributed by atoms with Gasteiger partial charge in [-0.15, -0.1) is 0 Å². The number of aryl methyl sites for hydroxylation is 1. The van der Waals surface area contributed by atoms with Gasteiger partial charge in [-0.25, -0.2) is 0 Å². The fraction of sp³-hybridized carbons (Fsp3) is 0.429. The van der Waals surface area contributed by atoms with Gasteiger partial charge in [0.2, 0.25) is 5.91 Å². The lowest BCUT2D eigenvalue weighted by Gasteiger charge is -2.13. The van der Waals surface area contributed by atoms with E-state index in [-0.39, 0.29) is 11.9 Å². The summed E-state index contributed by atoms with van der Waals surface area (Å²) in [7, 11) is 1.59. The highest BCUT2D eigenvalue weighted by atomic mass is 16.1. The average Bonchev–Trinajstić information content (AvgIpc) is 2.43. The molecule has 1 unspecified atom stereocenters. The molecular formula is C14H20N2O2. The zero-order valence-corrected chi connectivity index (χ0v) is 10.9. The Hall–Kier alpha value is -1.84. The topological polar surface area (TPSA) is 58.2 Å². The molecule has 0 aromatic heterocycles. The lowest BCUT2D eigenvalue weighted by Crippen LogP contribution is -2.25. The first kappa shape index (κ1) is 14.2. The van der Waals surface area contributed by atoms with E-state index in [2.05, 4.69) is 17.6 Å². The number of nitrogens with one attached hydrogen (secondary N) is 2. The minimum absolute atomic E-state index is 0.0509. The Kier molecular flexibility index (Phi) is 5.91. The third-order valence-electron chi connectivity index (χ3n) is 2.84. The van der Waals surface area contributed by atoms with Crippen molar-refractivity contribution in [3.8, 4) is 0 Å². The van der Waals surface area contributed by atoms with Gasteiger partial charge in [0, 0.05) is 19.2 Å². The summed E-state index contributed by atoms with van der Waals surface area (Å²) in [5.74, 6) is -0.0509. The smallest absolute Gasteiger partial charge is 0.219 e. The Morgan fingerprint density at radius 1 is 1.33 bits per heavy atom. The molecule has 0 bridgehead atoms. The second-order valence-electron chi connectivity index (χ2n) is 4.15. The third-order valence-corrected chi connectivity index (χ3v) is 2.84. The van der Waals surface area contributed by atoms with Crippen molar-refractivity contribution in [3.05, 3.63) is 29.8 Å². The summed E-state index contributed by atoms with van der Waals surface area (Å²) in [5.41, 5.74) is 2.16. The first-order valence-electron chi connectivity index (χ1n) is 6.21. The van der Waals surface area contributed by atoms with Crippen molar-refractivity contribution in [2.45, 2.75) is 32.2 Å². The Balaban J connectivity index is 2.51. The summed E-state index contributed by atoms with van der Waals surface area (Å²) >= 11 is 0. The Bertz CT molecular complexity index is 387. The van der Waals surface area contributed by atoms with Crippen LogP contribution in [0.3, 0.4) is 0 Å². The van der Waals surface area contributed by atoms with Crippen LogP contribution in [0.5, 0.6) is 0 Å². The SMILES string of the molecule is CCc1ccc(NC(C=O)CCC(=O)NC)cc1. The van der Waals surface area contributed by atoms with Crippen molar-refractivity contribution < 1.29 is 9.59 Å². The van der Waals surface area contributed by atoms with Crippen LogP contribution < -0.4 is 10.6 Å². The number of carbonyl (C=O) groups is 2. The molecule has 0 aliphatic rings. The molecule has 4 nitrogen and oxygen atoms in total. The summed E-state index contributed by atoms with van der Waals surface area (Å²) in [5, 5.41) is 5.65. The number of hydrogen-bond donors (Lipinski definition) is 2. The molecule has 4 heteroatoms. The predicted molar refractivity (Wildman–Crippen MR) is 72.6 cm³/mol. The highest BCUT2D eigenvalue weighted by molar-refractivity contribution is 5.76. The fourth-order valence-corrected chi connectivity index (χ4v) is 1.64. The van der Waals surface area contributed by atoms with Crippen LogP contribution in [-0.4, -0.2) is 25.3 Å². The minimum atomic E-state index is -0.324. The molecule has 0 heterocycles. The van der Waals surface area contributed by atoms with E-state index in [0.29, 0.717) is 12.8 Å². The number of anilines is 1. The molecule has 0 aliphatic carbocycles. The summed E-state index contributed by atoms with van der Waals surface area (Å²) in [4.78, 5) is 22.1. The number of benzene rings is 1. The Morgan fingerprint density at radius 2 is 2.00 bits per heavy atom. The van der Waals surface area contributed by atoms with Gasteiger partial charge >= 0.3 is 0 Å². The van der Waals surface area contributed by atoms with Crippen LogP contribution in [0, 0.1) is 0 Å². The molecule has 1 rings (SSSR count). The molecule has 0 saturated carbocycles. The Morgan fingerprint density at radius 3 is 2.50 bits per heavy atom. The monoisotopic (exact) mass is 248 g/mol. The van der Waals surface area contributed by atoms with Crippen LogP contribution in [0.15, 0.2) is 24.3 Å². The van der Waals surface area contributed by atoms with E-state index in [0.717, 1.165) is 18.4 Å². The quantitative estimate of drug-likeness (QED) is 0.723. The van der Waals surface area contributed by atoms with E-state index in [1.165, 1.54) is 5.56 Å². The fourth-order valence-electron chi connectivity index (χ4n) is 1.64. The van der Waals surface area contributed by atoms with Crippen LogP contribution in [-0.2, 0) is 16.0 Å². The van der Waals surface area contributed by atoms with Crippen LogP contribution >= 0.6 is 0 Å². The third kappa shape index (κ3) is 4.57. The highest BCUT2D eigenvalue weighted by Crippen LogP contribution is 2.12. The van der Waals surface area contributed by atoms with E-state index in [4.69, 9.17) is 0 Å². The van der Waals surface area contributed by atoms with Crippen molar-refractivity contribution in [2.75, 3.05) is 12.4 Å². The normalized spacial score (nSPS) is 11.7. The maximum Gasteiger partial charge on any atom is 0.219 e. The first-order valence-corrected chi connectivity index (χ1v) is 6.21. The lowest BCUT2D eigenvalue weighted by molar-refractivity contribution is -0.120. The maximum absolute atomic E-state index is 11.1. The molecule has 1 aromatic rings. The number of hydrogen-bond acceptors (Lipinski definition) is 3. The summed E-state index contributed by atoms with van der Waals surface area (Å²) in [6.07, 6.45) is 2.68. The zero-order chi connectivity index (χ0) is 13.4. The second kappa shape index (κ2) is 7.48. The molecule has 98 valence electrons. The van der Waals surface area contributed by atoms with Crippen LogP contribution in [0.2, 0.25) is 0 Å². The molecule has 1 amide bonds. The summed E-state index contributed by atoms with van der Waals surface area (Å²) in [6.45, 7) is 2.10. The standard InChI is InChI=1S/C14H20N2O2/c1-3-11-4-6-12(7-5-11)16-13(10-17)8-9-14(18)15-2/h4-7,10,13,16H,3,8-9H2,1-2H3,(H,15,18). The van der Waals surface area contributed by atoms with Crippen molar-refractivity contribution in [1.29, 1.82) is 0 Å². The molecule has 0 saturated heterocycles. The van der Waals surface area contributed by atoms with Gasteiger partial charge in [0.1, 0.15) is 6.29 Å². The summed E-state index contributed by atoms with van der Waals surface area (Å²) < 4.78 is 0. The van der Waals surface area contributed by atoms with Crippen LogP contribution in [0.1, 0.15) is 25.3 Å². The van der Waals surface area contributed by atoms with Gasteiger partial charge in [-0.1, -0.05) is 19.1 Å². The molecule has 1 aromatic carbocycles. The van der Waals surface area contributed by atoms with Gasteiger partial charge in [0.25, 0.3) is 0 Å². The number of rotatable bonds is 7. The van der Waals surface area contributed by atoms with Gasteiger partial charge < -0.3 is 15.4 Å². The van der Waals surface area contributed by atoms with E-state index >= 15 is 0 Å². The van der Waals surface area contributed by atoms with Gasteiger partial charge in [-0.2, -0.15) is 0 Å². The molecule has 0 aliphatic heterocycles. The molecule has 1 atom stereocenters. The first-order chi connectivity index (χ1) is 8.69. The molecular weight excluding hydrogens is 228 g/mol. The number of carbonyl (C=O) groups excluding carboxylic acids is 2. The largest absolute Gasteiger partial charge is 0.376 e. The molecule has 0 fully saturated rings. The van der Waals surface area contributed by atoms with E-state index in [9.17, 15) is 9.59 Å². The zero-order valence-electron chi connectivity index (χ0n) is 10.9. The second-order valence-corrected chi connectivity index (χ2v) is 4.15. The van der Waals surface area contributed by atoms with Crippen molar-refractivity contribution >= 4 is 17.9 Å². The van der Waals surface area contributed by atoms with Crippen molar-refractivity contribution in [1.82, 2.24) is 5.32 Å². The maximum atomic E-state index is 11.1. The highest BCUT2D eigenvalue weighted by Gasteiger charge is 2.09. The van der Waals surface area contributed by atoms with Gasteiger partial charge in [0.05, 0.1) is 6.04 Å². The van der Waals surface area contributed by atoms with E-state index in [1.807, 2.05) is 24.3 Å². The average molecular weight is 248 g/mol. The van der Waals surface area contributed by atoms with Crippen LogP contribution in [0.4, 0.5) is 5.69 Å². The summed E-state index contributed by atoms with van der Waals surface area (Å²) in [6, 6.07) is 7.64. The molecule has 0 radical (unpaired) electrons. The van der Waals surface area contributed by atoms with Crippen molar-refractivity contribution in [2.24, 2.45) is 0 Å². The van der Waals surface area contributed by atoms with Crippen LogP contribution in [0.25, 0.3) is 0 Å². The van der Waals surface area contributed by atoms with Gasteiger partial charge in [-0.3, -0.25) is 4.79 Å². The Labute approximate surface area is 108 Å². The van der Waals surface area contributed by atoms with E-state index in [1.54, 1.807) is 7.05 Å². The lowest BCUT2D eigenvalue weighted by atomic mass is 10.1. The molecule has 0 spiro atoms. The van der Waals surface area contributed by atoms with Gasteiger partial charge in [0.15, 0.2) is 0 Å². The minimum Gasteiger partial charge on any atom is -0.376 e. The molecule has 2 N–H and O–H groups in total. The molecule has 18 heavy (non-hydrogen) atoms. The number of amides is 1. The van der Waals surface area contributed by atoms with Crippen molar-refractivity contribution in [3.63, 3.8) is 0 Å². The predicted octanol–water partition coefficient (Wildman–Crippen LogP) is 1.75. The van der Waals surface area contributed by atoms with E-state index < -0.39 is 0 Å².